The number of aliphatic carboxylic acids is 1. The van der Waals surface area contributed by atoms with E-state index < -0.39 is 12.1 Å². The Morgan fingerprint density at radius 1 is 1.32 bits per heavy atom. The Morgan fingerprint density at radius 2 is 2.05 bits per heavy atom. The van der Waals surface area contributed by atoms with E-state index in [1.54, 1.807) is 19.1 Å². The van der Waals surface area contributed by atoms with Gasteiger partial charge in [0.25, 0.3) is 0 Å². The van der Waals surface area contributed by atoms with Gasteiger partial charge in [0.2, 0.25) is 0 Å². The Bertz CT molecular complexity index is 774. The molecule has 1 heterocycles. The number of carbonyl (C=O) groups is 1. The first kappa shape index (κ1) is 14.6. The highest BCUT2D eigenvalue weighted by Crippen LogP contribution is 2.29. The SMILES string of the molecule is CCC(Oc1ccc2c3c(c(=O)oc2c1)CCCC3)C(=O)O. The van der Waals surface area contributed by atoms with Crippen LogP contribution < -0.4 is 10.4 Å². The molecule has 0 fully saturated rings. The lowest BCUT2D eigenvalue weighted by Gasteiger charge is -2.17. The van der Waals surface area contributed by atoms with Crippen LogP contribution in [0.15, 0.2) is 27.4 Å². The molecule has 0 amide bonds. The van der Waals surface area contributed by atoms with E-state index in [9.17, 15) is 9.59 Å². The summed E-state index contributed by atoms with van der Waals surface area (Å²) in [7, 11) is 0. The number of carboxylic acids is 1. The predicted molar refractivity (Wildman–Crippen MR) is 81.5 cm³/mol. The Balaban J connectivity index is 2.04. The van der Waals surface area contributed by atoms with Gasteiger partial charge in [-0.3, -0.25) is 0 Å². The number of rotatable bonds is 4. The third-order valence-electron chi connectivity index (χ3n) is 4.12. The molecule has 3 rings (SSSR count). The fraction of sp³-hybridized carbons (Fsp3) is 0.412. The maximum atomic E-state index is 12.1. The number of hydrogen-bond donors (Lipinski definition) is 1. The molecule has 1 N–H and O–H groups in total. The van der Waals surface area contributed by atoms with Crippen molar-refractivity contribution in [3.05, 3.63) is 39.7 Å². The second kappa shape index (κ2) is 5.83. The van der Waals surface area contributed by atoms with Gasteiger partial charge in [-0.15, -0.1) is 0 Å². The molecule has 0 saturated heterocycles. The molecule has 2 aromatic rings. The Morgan fingerprint density at radius 3 is 2.73 bits per heavy atom. The van der Waals surface area contributed by atoms with E-state index in [-0.39, 0.29) is 5.63 Å². The maximum Gasteiger partial charge on any atom is 0.344 e. The molecule has 22 heavy (non-hydrogen) atoms. The van der Waals surface area contributed by atoms with E-state index >= 15 is 0 Å². The summed E-state index contributed by atoms with van der Waals surface area (Å²) in [6.07, 6.45) is 3.19. The maximum absolute atomic E-state index is 12.1. The number of carboxylic acid groups (broad SMARTS) is 1. The minimum absolute atomic E-state index is 0.287. The van der Waals surface area contributed by atoms with Gasteiger partial charge >= 0.3 is 11.6 Å². The quantitative estimate of drug-likeness (QED) is 0.879. The molecule has 5 nitrogen and oxygen atoms in total. The van der Waals surface area contributed by atoms with Crippen LogP contribution in [-0.2, 0) is 17.6 Å². The summed E-state index contributed by atoms with van der Waals surface area (Å²) in [6, 6.07) is 5.20. The first-order valence-electron chi connectivity index (χ1n) is 7.58. The molecular formula is C17H18O5. The largest absolute Gasteiger partial charge is 0.479 e. The monoisotopic (exact) mass is 302 g/mol. The zero-order chi connectivity index (χ0) is 15.7. The zero-order valence-electron chi connectivity index (χ0n) is 12.4. The van der Waals surface area contributed by atoms with E-state index in [1.165, 1.54) is 0 Å². The van der Waals surface area contributed by atoms with Crippen LogP contribution in [0.1, 0.15) is 37.3 Å². The summed E-state index contributed by atoms with van der Waals surface area (Å²) in [4.78, 5) is 23.1. The highest BCUT2D eigenvalue weighted by molar-refractivity contribution is 5.83. The Labute approximate surface area is 127 Å². The number of ether oxygens (including phenoxy) is 1. The normalized spacial score (nSPS) is 15.3. The molecule has 1 atom stereocenters. The van der Waals surface area contributed by atoms with Crippen LogP contribution in [0.3, 0.4) is 0 Å². The molecule has 0 bridgehead atoms. The van der Waals surface area contributed by atoms with Gasteiger partial charge in [0.15, 0.2) is 6.10 Å². The lowest BCUT2D eigenvalue weighted by Crippen LogP contribution is -2.25. The zero-order valence-corrected chi connectivity index (χ0v) is 12.4. The van der Waals surface area contributed by atoms with Crippen molar-refractivity contribution in [2.24, 2.45) is 0 Å². The van der Waals surface area contributed by atoms with Gasteiger partial charge < -0.3 is 14.3 Å². The van der Waals surface area contributed by atoms with Gasteiger partial charge in [-0.05, 0) is 49.8 Å². The molecule has 1 aromatic heterocycles. The lowest BCUT2D eigenvalue weighted by atomic mass is 9.91. The van der Waals surface area contributed by atoms with Crippen LogP contribution in [0.25, 0.3) is 11.0 Å². The van der Waals surface area contributed by atoms with E-state index in [0.717, 1.165) is 42.2 Å². The summed E-state index contributed by atoms with van der Waals surface area (Å²) >= 11 is 0. The van der Waals surface area contributed by atoms with Crippen molar-refractivity contribution >= 4 is 16.9 Å². The van der Waals surface area contributed by atoms with Crippen LogP contribution in [0.2, 0.25) is 0 Å². The van der Waals surface area contributed by atoms with Crippen LogP contribution in [0.5, 0.6) is 5.75 Å². The molecule has 116 valence electrons. The van der Waals surface area contributed by atoms with Gasteiger partial charge in [0, 0.05) is 17.0 Å². The Hall–Kier alpha value is -2.30. The number of benzene rings is 1. The number of hydrogen-bond acceptors (Lipinski definition) is 4. The van der Waals surface area contributed by atoms with Crippen LogP contribution in [0, 0.1) is 0 Å². The summed E-state index contributed by atoms with van der Waals surface area (Å²) in [5, 5.41) is 9.97. The first-order chi connectivity index (χ1) is 10.6. The van der Waals surface area contributed by atoms with Gasteiger partial charge in [-0.1, -0.05) is 6.92 Å². The second-order valence-electron chi connectivity index (χ2n) is 5.56. The predicted octanol–water partition coefficient (Wildman–Crippen LogP) is 2.91. The molecule has 1 unspecified atom stereocenters. The highest BCUT2D eigenvalue weighted by Gasteiger charge is 2.20. The molecule has 0 aliphatic heterocycles. The fourth-order valence-electron chi connectivity index (χ4n) is 2.97. The van der Waals surface area contributed by atoms with Crippen LogP contribution >= 0.6 is 0 Å². The average Bonchev–Trinajstić information content (AvgIpc) is 2.52. The fourth-order valence-corrected chi connectivity index (χ4v) is 2.97. The van der Waals surface area contributed by atoms with Gasteiger partial charge in [0.05, 0.1) is 0 Å². The summed E-state index contributed by atoms with van der Waals surface area (Å²) in [6.45, 7) is 1.75. The summed E-state index contributed by atoms with van der Waals surface area (Å²) in [5.74, 6) is -0.602. The second-order valence-corrected chi connectivity index (χ2v) is 5.56. The highest BCUT2D eigenvalue weighted by atomic mass is 16.5. The van der Waals surface area contributed by atoms with E-state index in [2.05, 4.69) is 0 Å². The van der Waals surface area contributed by atoms with Crippen LogP contribution in [0.4, 0.5) is 0 Å². The van der Waals surface area contributed by atoms with E-state index in [0.29, 0.717) is 17.8 Å². The molecule has 0 radical (unpaired) electrons. The Kier molecular flexibility index (Phi) is 3.88. The minimum Gasteiger partial charge on any atom is -0.479 e. The van der Waals surface area contributed by atoms with Crippen molar-refractivity contribution in [3.63, 3.8) is 0 Å². The topological polar surface area (TPSA) is 76.7 Å². The minimum atomic E-state index is -1.01. The molecule has 1 aliphatic rings. The molecule has 0 spiro atoms. The van der Waals surface area contributed by atoms with Crippen molar-refractivity contribution in [2.45, 2.75) is 45.1 Å². The third kappa shape index (κ3) is 2.58. The average molecular weight is 302 g/mol. The molecule has 1 aliphatic carbocycles. The van der Waals surface area contributed by atoms with Crippen molar-refractivity contribution in [1.29, 1.82) is 0 Å². The molecule has 0 saturated carbocycles. The number of fused-ring (bicyclic) bond motifs is 3. The number of aryl methyl sites for hydroxylation is 1. The lowest BCUT2D eigenvalue weighted by molar-refractivity contribution is -0.145. The van der Waals surface area contributed by atoms with Gasteiger partial charge in [-0.25, -0.2) is 9.59 Å². The standard InChI is InChI=1S/C17H18O5/c1-2-14(16(18)19)21-10-7-8-12-11-5-3-4-6-13(11)17(20)22-15(12)9-10/h7-9,14H,2-6H2,1H3,(H,18,19). The third-order valence-corrected chi connectivity index (χ3v) is 4.12. The van der Waals surface area contributed by atoms with Gasteiger partial charge in [0.1, 0.15) is 11.3 Å². The molecule has 1 aromatic carbocycles. The summed E-state index contributed by atoms with van der Waals surface area (Å²) in [5.41, 5.74) is 2.02. The van der Waals surface area contributed by atoms with Crippen molar-refractivity contribution in [2.75, 3.05) is 0 Å². The molecule has 5 heteroatoms. The van der Waals surface area contributed by atoms with Crippen molar-refractivity contribution in [3.8, 4) is 5.75 Å². The van der Waals surface area contributed by atoms with Crippen molar-refractivity contribution in [1.82, 2.24) is 0 Å². The van der Waals surface area contributed by atoms with Crippen molar-refractivity contribution < 1.29 is 19.1 Å². The first-order valence-corrected chi connectivity index (χ1v) is 7.58. The molecular weight excluding hydrogens is 284 g/mol. The summed E-state index contributed by atoms with van der Waals surface area (Å²) < 4.78 is 10.8. The van der Waals surface area contributed by atoms with Gasteiger partial charge in [-0.2, -0.15) is 0 Å². The van der Waals surface area contributed by atoms with Crippen LogP contribution in [-0.4, -0.2) is 17.2 Å². The van der Waals surface area contributed by atoms with E-state index in [4.69, 9.17) is 14.3 Å². The van der Waals surface area contributed by atoms with E-state index in [1.807, 2.05) is 6.07 Å². The smallest absolute Gasteiger partial charge is 0.344 e.